The number of carbonyl (C=O) groups is 2. The number of ether oxygens (including phenoxy) is 1. The average molecular weight is 516 g/mol. The van der Waals surface area contributed by atoms with E-state index < -0.39 is 10.0 Å². The normalized spacial score (nSPS) is 21.8. The molecule has 2 heterocycles. The van der Waals surface area contributed by atoms with Crippen LogP contribution >= 0.6 is 11.8 Å². The Morgan fingerprint density at radius 3 is 2.66 bits per heavy atom. The molecular weight excluding hydrogens is 486 g/mol. The number of methoxy groups -OCH3 is 1. The van der Waals surface area contributed by atoms with Gasteiger partial charge in [0.05, 0.1) is 22.9 Å². The predicted octanol–water partition coefficient (Wildman–Crippen LogP) is 2.42. The number of thioether (sulfide) groups is 1. The van der Waals surface area contributed by atoms with Crippen LogP contribution in [0, 0.1) is 5.92 Å². The number of benzene rings is 2. The highest BCUT2D eigenvalue weighted by Gasteiger charge is 2.45. The average Bonchev–Trinajstić information content (AvgIpc) is 3.43. The van der Waals surface area contributed by atoms with Gasteiger partial charge in [-0.1, -0.05) is 36.9 Å². The number of nitrogens with one attached hydrogen (secondary N) is 2. The van der Waals surface area contributed by atoms with Crippen molar-refractivity contribution < 1.29 is 22.7 Å². The molecule has 0 saturated carbocycles. The summed E-state index contributed by atoms with van der Waals surface area (Å²) in [6.45, 7) is 4.69. The summed E-state index contributed by atoms with van der Waals surface area (Å²) in [4.78, 5) is 24.4. The summed E-state index contributed by atoms with van der Waals surface area (Å²) in [5, 5.41) is 5.84. The Balaban J connectivity index is 1.39. The molecule has 0 aliphatic carbocycles. The highest BCUT2D eigenvalue weighted by Crippen LogP contribution is 2.43. The summed E-state index contributed by atoms with van der Waals surface area (Å²) in [7, 11) is -2.33. The number of carbonyl (C=O) groups excluding carboxylic acids is 2. The lowest BCUT2D eigenvalue weighted by atomic mass is 10.1. The number of hydrogen-bond donors (Lipinski definition) is 2. The molecule has 10 heteroatoms. The zero-order valence-electron chi connectivity index (χ0n) is 19.5. The lowest BCUT2D eigenvalue weighted by molar-refractivity contribution is -0.116. The van der Waals surface area contributed by atoms with Gasteiger partial charge in [0, 0.05) is 31.0 Å². The number of hydrogen-bond acceptors (Lipinski definition) is 6. The highest BCUT2D eigenvalue weighted by atomic mass is 32.2. The number of fused-ring (bicyclic) bond motifs is 1. The van der Waals surface area contributed by atoms with Crippen molar-refractivity contribution in [1.82, 2.24) is 14.9 Å². The van der Waals surface area contributed by atoms with Crippen LogP contribution in [0.4, 0.5) is 0 Å². The van der Waals surface area contributed by atoms with Gasteiger partial charge in [-0.3, -0.25) is 9.59 Å². The summed E-state index contributed by atoms with van der Waals surface area (Å²) in [5.41, 5.74) is 1.40. The molecule has 4 rings (SSSR count). The van der Waals surface area contributed by atoms with Gasteiger partial charge in [0.2, 0.25) is 15.9 Å². The largest absolute Gasteiger partial charge is 0.496 e. The van der Waals surface area contributed by atoms with Crippen LogP contribution in [0.3, 0.4) is 0 Å². The van der Waals surface area contributed by atoms with Crippen molar-refractivity contribution in [3.63, 3.8) is 0 Å². The van der Waals surface area contributed by atoms with E-state index in [0.717, 1.165) is 5.56 Å². The highest BCUT2D eigenvalue weighted by molar-refractivity contribution is 8.00. The Morgan fingerprint density at radius 1 is 1.20 bits per heavy atom. The second-order valence-electron chi connectivity index (χ2n) is 8.55. The van der Waals surface area contributed by atoms with Gasteiger partial charge < -0.3 is 15.4 Å². The van der Waals surface area contributed by atoms with E-state index in [2.05, 4.69) is 17.2 Å². The van der Waals surface area contributed by atoms with Gasteiger partial charge in [0.1, 0.15) is 5.75 Å². The van der Waals surface area contributed by atoms with Crippen LogP contribution < -0.4 is 15.4 Å². The Kier molecular flexibility index (Phi) is 7.83. The molecule has 0 spiro atoms. The van der Waals surface area contributed by atoms with Crippen molar-refractivity contribution in [2.75, 3.05) is 26.7 Å². The predicted molar refractivity (Wildman–Crippen MR) is 136 cm³/mol. The standard InChI is InChI=1S/C25H29N3O5S2/c1-3-23(29)27-24-13-18-15-28(16-22(18)34-24)35(31,32)19-9-10-20(21(14-19)33-2)25(30)26-12-11-17-7-5-4-6-8-17/h3-10,14,18,22,24H,1,11-13,15-16H2,2H3,(H,26,30)(H,27,29). The van der Waals surface area contributed by atoms with Crippen LogP contribution in [0.1, 0.15) is 22.3 Å². The number of sulfonamides is 1. The van der Waals surface area contributed by atoms with E-state index >= 15 is 0 Å². The molecule has 2 N–H and O–H groups in total. The van der Waals surface area contributed by atoms with Crippen molar-refractivity contribution in [2.45, 2.75) is 28.4 Å². The Morgan fingerprint density at radius 2 is 1.97 bits per heavy atom. The zero-order valence-corrected chi connectivity index (χ0v) is 21.1. The van der Waals surface area contributed by atoms with Crippen molar-refractivity contribution in [3.8, 4) is 5.75 Å². The lowest BCUT2D eigenvalue weighted by Crippen LogP contribution is -2.33. The van der Waals surface area contributed by atoms with E-state index in [1.54, 1.807) is 11.8 Å². The molecule has 2 aromatic rings. The first-order valence-corrected chi connectivity index (χ1v) is 13.8. The van der Waals surface area contributed by atoms with E-state index in [1.807, 2.05) is 30.3 Å². The molecule has 2 amide bonds. The van der Waals surface area contributed by atoms with Gasteiger partial charge in [0.25, 0.3) is 5.91 Å². The fourth-order valence-electron chi connectivity index (χ4n) is 4.46. The molecule has 2 fully saturated rings. The van der Waals surface area contributed by atoms with Crippen LogP contribution in [0.25, 0.3) is 0 Å². The van der Waals surface area contributed by atoms with E-state index in [-0.39, 0.29) is 44.6 Å². The number of rotatable bonds is 9. The second kappa shape index (κ2) is 10.8. The maximum absolute atomic E-state index is 13.3. The fourth-order valence-corrected chi connectivity index (χ4v) is 7.74. The van der Waals surface area contributed by atoms with Gasteiger partial charge in [-0.15, -0.1) is 11.8 Å². The smallest absolute Gasteiger partial charge is 0.255 e. The summed E-state index contributed by atoms with van der Waals surface area (Å²) < 4.78 is 33.5. The van der Waals surface area contributed by atoms with Gasteiger partial charge >= 0.3 is 0 Å². The van der Waals surface area contributed by atoms with Crippen LogP contribution in [0.5, 0.6) is 5.75 Å². The van der Waals surface area contributed by atoms with E-state index in [9.17, 15) is 18.0 Å². The molecule has 2 saturated heterocycles. The summed E-state index contributed by atoms with van der Waals surface area (Å²) in [6, 6.07) is 14.2. The van der Waals surface area contributed by atoms with E-state index in [1.165, 1.54) is 35.7 Å². The first-order valence-electron chi connectivity index (χ1n) is 11.4. The second-order valence-corrected chi connectivity index (χ2v) is 11.9. The Bertz CT molecular complexity index is 1190. The number of nitrogens with zero attached hydrogens (tertiary/aromatic N) is 1. The molecule has 0 aromatic heterocycles. The molecule has 0 bridgehead atoms. The number of amides is 2. The third-order valence-electron chi connectivity index (χ3n) is 6.29. The molecular formula is C25H29N3O5S2. The van der Waals surface area contributed by atoms with Crippen LogP contribution in [0.15, 0.2) is 66.1 Å². The molecule has 186 valence electrons. The summed E-state index contributed by atoms with van der Waals surface area (Å²) >= 11 is 1.60. The summed E-state index contributed by atoms with van der Waals surface area (Å²) in [5.74, 6) is -0.157. The molecule has 35 heavy (non-hydrogen) atoms. The topological polar surface area (TPSA) is 105 Å². The first-order chi connectivity index (χ1) is 16.8. The quantitative estimate of drug-likeness (QED) is 0.497. The molecule has 2 aliphatic rings. The minimum atomic E-state index is -3.75. The van der Waals surface area contributed by atoms with Gasteiger partial charge in [0.15, 0.2) is 0 Å². The molecule has 0 radical (unpaired) electrons. The molecule has 8 nitrogen and oxygen atoms in total. The fraction of sp³-hybridized carbons (Fsp3) is 0.360. The third kappa shape index (κ3) is 5.71. The minimum Gasteiger partial charge on any atom is -0.496 e. The molecule has 2 aromatic carbocycles. The Hall–Kier alpha value is -2.82. The van der Waals surface area contributed by atoms with Gasteiger partial charge in [-0.2, -0.15) is 4.31 Å². The minimum absolute atomic E-state index is 0.0277. The lowest BCUT2D eigenvalue weighted by Gasteiger charge is -2.20. The van der Waals surface area contributed by atoms with Crippen LogP contribution in [-0.2, 0) is 21.2 Å². The van der Waals surface area contributed by atoms with Crippen molar-refractivity contribution in [3.05, 3.63) is 72.3 Å². The maximum atomic E-state index is 13.3. The summed E-state index contributed by atoms with van der Waals surface area (Å²) in [6.07, 6.45) is 2.65. The molecule has 3 atom stereocenters. The SMILES string of the molecule is C=CC(=O)NC1CC2CN(S(=O)(=O)c3ccc(C(=O)NCCc4ccccc4)c(OC)c3)CC2S1. The van der Waals surface area contributed by atoms with Crippen LogP contribution in [-0.4, -0.2) is 61.9 Å². The van der Waals surface area contributed by atoms with Crippen molar-refractivity contribution in [2.24, 2.45) is 5.92 Å². The van der Waals surface area contributed by atoms with E-state index in [0.29, 0.717) is 32.5 Å². The molecule has 2 aliphatic heterocycles. The van der Waals surface area contributed by atoms with Crippen molar-refractivity contribution in [1.29, 1.82) is 0 Å². The maximum Gasteiger partial charge on any atom is 0.255 e. The van der Waals surface area contributed by atoms with Crippen LogP contribution in [0.2, 0.25) is 0 Å². The zero-order chi connectivity index (χ0) is 25.0. The Labute approximate surface area is 210 Å². The van der Waals surface area contributed by atoms with Gasteiger partial charge in [-0.05, 0) is 42.5 Å². The third-order valence-corrected chi connectivity index (χ3v) is 9.64. The van der Waals surface area contributed by atoms with Crippen molar-refractivity contribution >= 4 is 33.6 Å². The molecule has 3 unspecified atom stereocenters. The van der Waals surface area contributed by atoms with E-state index in [4.69, 9.17) is 4.74 Å². The first kappa shape index (κ1) is 25.3. The van der Waals surface area contributed by atoms with Gasteiger partial charge in [-0.25, -0.2) is 8.42 Å². The monoisotopic (exact) mass is 515 g/mol.